The average molecular weight is 517 g/mol. The number of hydrogen-bond donors (Lipinski definition) is 7. The van der Waals surface area contributed by atoms with E-state index in [-0.39, 0.29) is 6.42 Å². The zero-order valence-electron chi connectivity index (χ0n) is 20.5. The van der Waals surface area contributed by atoms with Crippen molar-refractivity contribution >= 4 is 46.8 Å². The van der Waals surface area contributed by atoms with Crippen molar-refractivity contribution < 1.29 is 33.9 Å². The molecule has 0 radical (unpaired) electrons. The molecule has 1 aromatic heterocycles. The number of hydrogen-bond acceptors (Lipinski definition) is 7. The number of para-hydroxylation sites is 1. The Bertz CT molecular complexity index is 1160. The normalized spacial score (nSPS) is 14.3. The fourth-order valence-corrected chi connectivity index (χ4v) is 3.70. The molecule has 4 atom stereocenters. The van der Waals surface area contributed by atoms with Crippen LogP contribution in [-0.2, 0) is 35.2 Å². The van der Waals surface area contributed by atoms with Gasteiger partial charge in [0.15, 0.2) is 0 Å². The van der Waals surface area contributed by atoms with Crippen LogP contribution in [0.2, 0.25) is 0 Å². The fraction of sp³-hybridized carbons (Fsp3) is 0.417. The molecule has 0 spiro atoms. The Kier molecular flexibility index (Phi) is 10.3. The Balaban J connectivity index is 2.10. The summed E-state index contributed by atoms with van der Waals surface area (Å²) in [5.74, 6) is -5.12. The lowest BCUT2D eigenvalue weighted by molar-refractivity contribution is -0.141. The van der Waals surface area contributed by atoms with E-state index < -0.39 is 72.5 Å². The third-order valence-corrected chi connectivity index (χ3v) is 5.62. The second kappa shape index (κ2) is 13.2. The molecule has 0 aliphatic heterocycles. The molecule has 0 bridgehead atoms. The number of nitrogens with two attached hydrogens (primary N) is 2. The number of carbonyl (C=O) groups is 6. The highest BCUT2D eigenvalue weighted by Gasteiger charge is 2.32. The van der Waals surface area contributed by atoms with Crippen molar-refractivity contribution in [3.05, 3.63) is 36.0 Å². The number of carbonyl (C=O) groups excluding carboxylic acids is 5. The van der Waals surface area contributed by atoms with Gasteiger partial charge in [0.25, 0.3) is 0 Å². The van der Waals surface area contributed by atoms with Gasteiger partial charge in [-0.25, -0.2) is 0 Å². The largest absolute Gasteiger partial charge is 0.481 e. The van der Waals surface area contributed by atoms with Crippen molar-refractivity contribution in [2.45, 2.75) is 57.3 Å². The highest BCUT2D eigenvalue weighted by molar-refractivity contribution is 5.96. The van der Waals surface area contributed by atoms with Crippen LogP contribution in [0.3, 0.4) is 0 Å². The lowest BCUT2D eigenvalue weighted by atomic mass is 10.0. The number of benzene rings is 1. The van der Waals surface area contributed by atoms with Crippen LogP contribution in [-0.4, -0.2) is 70.1 Å². The Morgan fingerprint density at radius 3 is 2.27 bits per heavy atom. The summed E-state index contributed by atoms with van der Waals surface area (Å²) in [6.07, 6.45) is 0.990. The molecule has 13 heteroatoms. The van der Waals surface area contributed by atoms with Crippen molar-refractivity contribution in [3.63, 3.8) is 0 Å². The van der Waals surface area contributed by atoms with Gasteiger partial charge >= 0.3 is 5.97 Å². The number of aromatic nitrogens is 1. The number of aromatic amines is 1. The van der Waals surface area contributed by atoms with Crippen molar-refractivity contribution in [1.82, 2.24) is 20.9 Å². The molecular formula is C24H32N6O7. The zero-order chi connectivity index (χ0) is 27.7. The van der Waals surface area contributed by atoms with Crippen LogP contribution < -0.4 is 27.4 Å². The quantitative estimate of drug-likeness (QED) is 0.149. The van der Waals surface area contributed by atoms with Crippen molar-refractivity contribution in [3.8, 4) is 0 Å². The summed E-state index contributed by atoms with van der Waals surface area (Å²) >= 11 is 0. The van der Waals surface area contributed by atoms with Gasteiger partial charge in [-0.15, -0.1) is 0 Å². The molecule has 4 amide bonds. The highest BCUT2D eigenvalue weighted by atomic mass is 16.4. The first kappa shape index (κ1) is 29.0. The number of primary amides is 1. The standard InChI is InChI=1S/C24H32N6O7/c1-12(2)21(24(37)28-14(11-31)8-19(26)32)30-23(36)18(9-20(33)34)29-22(35)16(25)7-13-10-27-17-6-4-3-5-15(13)17/h3-6,10-12,14,16,18,21,27H,7-9,25H2,1-2H3,(H2,26,32)(H,28,37)(H,29,35)(H,30,36)(H,33,34)/t14-,16-,18-,21-/m0/s1. The number of H-pyrrole nitrogens is 1. The number of amides is 4. The molecule has 2 rings (SSSR count). The minimum atomic E-state index is -1.53. The van der Waals surface area contributed by atoms with Crippen molar-refractivity contribution in [1.29, 1.82) is 0 Å². The van der Waals surface area contributed by atoms with Crippen LogP contribution in [0.5, 0.6) is 0 Å². The first-order valence-electron chi connectivity index (χ1n) is 11.6. The summed E-state index contributed by atoms with van der Waals surface area (Å²) in [5.41, 5.74) is 12.7. The molecule has 9 N–H and O–H groups in total. The summed E-state index contributed by atoms with van der Waals surface area (Å²) in [6, 6.07) is 2.41. The van der Waals surface area contributed by atoms with E-state index in [1.54, 1.807) is 20.0 Å². The van der Waals surface area contributed by atoms with Gasteiger partial charge < -0.3 is 42.3 Å². The Morgan fingerprint density at radius 1 is 1.00 bits per heavy atom. The molecule has 1 heterocycles. The molecule has 0 aliphatic carbocycles. The maximum Gasteiger partial charge on any atom is 0.305 e. The first-order valence-corrected chi connectivity index (χ1v) is 11.6. The van der Waals surface area contributed by atoms with E-state index in [1.165, 1.54) is 0 Å². The van der Waals surface area contributed by atoms with E-state index >= 15 is 0 Å². The zero-order valence-corrected chi connectivity index (χ0v) is 20.5. The molecule has 0 saturated heterocycles. The second-order valence-electron chi connectivity index (χ2n) is 8.98. The summed E-state index contributed by atoms with van der Waals surface area (Å²) in [4.78, 5) is 75.0. The van der Waals surface area contributed by atoms with Gasteiger partial charge in [0, 0.05) is 17.1 Å². The molecule has 2 aromatic rings. The van der Waals surface area contributed by atoms with E-state index in [4.69, 9.17) is 11.5 Å². The van der Waals surface area contributed by atoms with E-state index in [9.17, 15) is 33.9 Å². The summed E-state index contributed by atoms with van der Waals surface area (Å²) in [6.45, 7) is 3.22. The van der Waals surface area contributed by atoms with Gasteiger partial charge in [0.2, 0.25) is 23.6 Å². The fourth-order valence-electron chi connectivity index (χ4n) is 3.70. The summed E-state index contributed by atoms with van der Waals surface area (Å²) < 4.78 is 0. The van der Waals surface area contributed by atoms with Gasteiger partial charge in [-0.3, -0.25) is 24.0 Å². The Morgan fingerprint density at radius 2 is 1.68 bits per heavy atom. The third kappa shape index (κ3) is 8.42. The van der Waals surface area contributed by atoms with Crippen LogP contribution >= 0.6 is 0 Å². The lowest BCUT2D eigenvalue weighted by Gasteiger charge is -2.26. The molecule has 0 fully saturated rings. The van der Waals surface area contributed by atoms with Crippen LogP contribution in [0.4, 0.5) is 0 Å². The van der Waals surface area contributed by atoms with Gasteiger partial charge in [-0.2, -0.15) is 0 Å². The van der Waals surface area contributed by atoms with Crippen LogP contribution in [0, 0.1) is 5.92 Å². The van der Waals surface area contributed by atoms with Crippen LogP contribution in [0.25, 0.3) is 10.9 Å². The van der Waals surface area contributed by atoms with Crippen molar-refractivity contribution in [2.75, 3.05) is 0 Å². The van der Waals surface area contributed by atoms with E-state index in [0.29, 0.717) is 6.29 Å². The third-order valence-electron chi connectivity index (χ3n) is 5.62. The molecule has 1 aromatic carbocycles. The summed E-state index contributed by atoms with van der Waals surface area (Å²) in [5, 5.41) is 17.2. The molecular weight excluding hydrogens is 484 g/mol. The number of aldehydes is 1. The molecule has 13 nitrogen and oxygen atoms in total. The summed E-state index contributed by atoms with van der Waals surface area (Å²) in [7, 11) is 0. The SMILES string of the molecule is CC(C)[C@H](NC(=O)[C@H](CC(=O)O)NC(=O)[C@@H](N)Cc1c[nH]c2ccccc12)C(=O)N[C@H](C=O)CC(N)=O. The molecule has 0 aliphatic rings. The maximum atomic E-state index is 12.9. The predicted octanol–water partition coefficient (Wildman–Crippen LogP) is -1.30. The van der Waals surface area contributed by atoms with Crippen LogP contribution in [0.1, 0.15) is 32.3 Å². The topological polar surface area (TPSA) is 227 Å². The van der Waals surface area contributed by atoms with E-state index in [1.807, 2.05) is 24.3 Å². The minimum Gasteiger partial charge on any atom is -0.481 e. The van der Waals surface area contributed by atoms with E-state index in [2.05, 4.69) is 20.9 Å². The predicted molar refractivity (Wildman–Crippen MR) is 133 cm³/mol. The van der Waals surface area contributed by atoms with Gasteiger partial charge in [0.05, 0.1) is 24.9 Å². The lowest BCUT2D eigenvalue weighted by Crippen LogP contribution is -2.58. The number of carboxylic acids is 1. The average Bonchev–Trinajstić information content (AvgIpc) is 3.23. The maximum absolute atomic E-state index is 12.9. The Labute approximate surface area is 212 Å². The van der Waals surface area contributed by atoms with E-state index in [0.717, 1.165) is 16.5 Å². The van der Waals surface area contributed by atoms with Crippen molar-refractivity contribution in [2.24, 2.45) is 17.4 Å². The van der Waals surface area contributed by atoms with Crippen LogP contribution in [0.15, 0.2) is 30.5 Å². The monoisotopic (exact) mass is 516 g/mol. The Hall–Kier alpha value is -4.26. The number of rotatable bonds is 14. The number of fused-ring (bicyclic) bond motifs is 1. The van der Waals surface area contributed by atoms with Gasteiger partial charge in [0.1, 0.15) is 18.4 Å². The molecule has 0 unspecified atom stereocenters. The smallest absolute Gasteiger partial charge is 0.305 e. The number of carboxylic acid groups (broad SMARTS) is 1. The first-order chi connectivity index (χ1) is 17.4. The molecule has 200 valence electrons. The molecule has 0 saturated carbocycles. The van der Waals surface area contributed by atoms with Gasteiger partial charge in [-0.05, 0) is 24.0 Å². The number of aliphatic carboxylic acids is 1. The second-order valence-corrected chi connectivity index (χ2v) is 8.98. The molecule has 37 heavy (non-hydrogen) atoms. The minimum absolute atomic E-state index is 0.126. The van der Waals surface area contributed by atoms with Gasteiger partial charge in [-0.1, -0.05) is 32.0 Å². The number of nitrogens with one attached hydrogen (secondary N) is 4. The highest BCUT2D eigenvalue weighted by Crippen LogP contribution is 2.18.